The quantitative estimate of drug-likeness (QED) is 0.132. The smallest absolute Gasteiger partial charge is 0.266 e. The second-order valence-corrected chi connectivity index (χ2v) is 15.7. The molecule has 0 unspecified atom stereocenters. The van der Waals surface area contributed by atoms with E-state index in [2.05, 4.69) is 35.1 Å². The number of carbonyl (C=O) groups excluding carboxylic acids is 4. The first-order chi connectivity index (χ1) is 26.2. The van der Waals surface area contributed by atoms with E-state index in [0.29, 0.717) is 39.2 Å². The fourth-order valence-corrected chi connectivity index (χ4v) is 9.39. The molecule has 2 amide bonds. The van der Waals surface area contributed by atoms with Crippen LogP contribution in [0.5, 0.6) is 0 Å². The number of imide groups is 1. The van der Waals surface area contributed by atoms with Gasteiger partial charge in [-0.05, 0) is 126 Å². The zero-order chi connectivity index (χ0) is 37.2. The average Bonchev–Trinajstić information content (AvgIpc) is 3.88. The number of aromatic nitrogens is 2. The van der Waals surface area contributed by atoms with Gasteiger partial charge in [0.25, 0.3) is 17.4 Å². The summed E-state index contributed by atoms with van der Waals surface area (Å²) in [6.45, 7) is 4.12. The normalized spacial score (nSPS) is 18.5. The summed E-state index contributed by atoms with van der Waals surface area (Å²) in [6, 6.07) is 18.4. The van der Waals surface area contributed by atoms with Crippen molar-refractivity contribution >= 4 is 56.3 Å². The predicted octanol–water partition coefficient (Wildman–Crippen LogP) is 9.95. The molecule has 1 N–H and O–H groups in total. The van der Waals surface area contributed by atoms with Crippen LogP contribution in [-0.4, -0.2) is 33.3 Å². The summed E-state index contributed by atoms with van der Waals surface area (Å²) in [5.41, 5.74) is 6.04. The van der Waals surface area contributed by atoms with Gasteiger partial charge in [0.15, 0.2) is 11.6 Å². The van der Waals surface area contributed by atoms with Crippen molar-refractivity contribution in [2.45, 2.75) is 102 Å². The number of rotatable bonds is 7. The van der Waals surface area contributed by atoms with Crippen molar-refractivity contribution in [3.8, 4) is 0 Å². The van der Waals surface area contributed by atoms with Crippen molar-refractivity contribution in [3.05, 3.63) is 122 Å². The molecule has 3 aliphatic carbocycles. The molecule has 8 nitrogen and oxygen atoms in total. The molecule has 9 rings (SSSR count). The van der Waals surface area contributed by atoms with Gasteiger partial charge in [-0.3, -0.25) is 24.0 Å². The fraction of sp³-hybridized carbons (Fsp3) is 0.348. The molecule has 4 aromatic carbocycles. The van der Waals surface area contributed by atoms with Crippen LogP contribution >= 0.6 is 0 Å². The van der Waals surface area contributed by atoms with Gasteiger partial charge < -0.3 is 4.98 Å². The minimum Gasteiger partial charge on any atom is -0.309 e. The third-order valence-electron chi connectivity index (χ3n) is 12.4. The number of anilines is 1. The van der Waals surface area contributed by atoms with E-state index >= 15 is 0 Å². The first kappa shape index (κ1) is 34.3. The molecule has 4 aliphatic rings. The van der Waals surface area contributed by atoms with Gasteiger partial charge in [0.1, 0.15) is 11.7 Å². The maximum absolute atomic E-state index is 14.2. The minimum atomic E-state index is -1.30. The van der Waals surface area contributed by atoms with Crippen LogP contribution in [0.25, 0.3) is 27.2 Å². The Balaban J connectivity index is 1.06. The highest BCUT2D eigenvalue weighted by atomic mass is 16.2. The Morgan fingerprint density at radius 3 is 2.00 bits per heavy atom. The van der Waals surface area contributed by atoms with Gasteiger partial charge in [-0.1, -0.05) is 69.7 Å². The monoisotopic (exact) mass is 717 g/mol. The predicted molar refractivity (Wildman–Crippen MR) is 211 cm³/mol. The number of benzene rings is 4. The molecule has 0 bridgehead atoms. The largest absolute Gasteiger partial charge is 0.309 e. The molecule has 0 spiro atoms. The van der Waals surface area contributed by atoms with Gasteiger partial charge in [0.05, 0.1) is 27.7 Å². The van der Waals surface area contributed by atoms with Crippen molar-refractivity contribution in [2.24, 2.45) is 0 Å². The summed E-state index contributed by atoms with van der Waals surface area (Å²) >= 11 is 0. The van der Waals surface area contributed by atoms with Crippen LogP contribution in [0.2, 0.25) is 0 Å². The Kier molecular flexibility index (Phi) is 8.52. The summed E-state index contributed by atoms with van der Waals surface area (Å²) in [5.74, 6) is -2.15. The van der Waals surface area contributed by atoms with Crippen LogP contribution in [0.3, 0.4) is 0 Å². The van der Waals surface area contributed by atoms with Gasteiger partial charge in [-0.15, -0.1) is 0 Å². The van der Waals surface area contributed by atoms with Crippen molar-refractivity contribution in [1.29, 1.82) is 0 Å². The van der Waals surface area contributed by atoms with Gasteiger partial charge in [-0.2, -0.15) is 0 Å². The highest BCUT2D eigenvalue weighted by molar-refractivity contribution is 6.36. The first-order valence-electron chi connectivity index (χ1n) is 19.7. The Hall–Kier alpha value is -5.50. The Morgan fingerprint density at radius 1 is 0.741 bits per heavy atom. The van der Waals surface area contributed by atoms with E-state index in [9.17, 15) is 24.0 Å². The van der Waals surface area contributed by atoms with E-state index in [1.165, 1.54) is 42.6 Å². The van der Waals surface area contributed by atoms with Crippen LogP contribution in [0.4, 0.5) is 5.69 Å². The van der Waals surface area contributed by atoms with Gasteiger partial charge >= 0.3 is 0 Å². The number of aromatic amines is 1. The summed E-state index contributed by atoms with van der Waals surface area (Å²) in [6.07, 6.45) is 14.5. The topological polar surface area (TPSA) is 117 Å². The SMILES string of the molecule is CCCC=C(C)c1ccc2c(=O)[nH]c(C3C(=O)c4cc5cc6c(cc5cc4C3=O)C(=O)N(c3ccc(C4CCCCC4)cc3C3CCCC3)C6=O)nc2c1. The zero-order valence-electron chi connectivity index (χ0n) is 30.8. The summed E-state index contributed by atoms with van der Waals surface area (Å²) in [5, 5.41) is 1.54. The van der Waals surface area contributed by atoms with Crippen molar-refractivity contribution < 1.29 is 19.2 Å². The third-order valence-corrected chi connectivity index (χ3v) is 12.4. The number of H-pyrrole nitrogens is 1. The van der Waals surface area contributed by atoms with E-state index in [-0.39, 0.29) is 39.9 Å². The number of unbranched alkanes of at least 4 members (excludes halogenated alkanes) is 1. The van der Waals surface area contributed by atoms with Crippen LogP contribution in [-0.2, 0) is 0 Å². The van der Waals surface area contributed by atoms with Gasteiger partial charge in [-0.25, -0.2) is 9.88 Å². The number of nitrogens with zero attached hydrogens (tertiary/aromatic N) is 2. The lowest BCUT2D eigenvalue weighted by atomic mass is 9.82. The molecular formula is C46H43N3O5. The summed E-state index contributed by atoms with van der Waals surface area (Å²) in [4.78, 5) is 78.2. The van der Waals surface area contributed by atoms with Crippen LogP contribution in [0.1, 0.15) is 166 Å². The Bertz CT molecular complexity index is 2460. The van der Waals surface area contributed by atoms with Crippen LogP contribution in [0, 0.1) is 0 Å². The number of amides is 2. The van der Waals surface area contributed by atoms with Crippen molar-refractivity contribution in [2.75, 3.05) is 4.90 Å². The molecule has 1 aromatic heterocycles. The first-order valence-corrected chi connectivity index (χ1v) is 19.7. The molecule has 0 saturated heterocycles. The maximum atomic E-state index is 14.2. The van der Waals surface area contributed by atoms with Crippen LogP contribution < -0.4 is 10.5 Å². The number of hydrogen-bond acceptors (Lipinski definition) is 6. The van der Waals surface area contributed by atoms with E-state index in [1.807, 2.05) is 25.1 Å². The van der Waals surface area contributed by atoms with E-state index in [4.69, 9.17) is 0 Å². The fourth-order valence-electron chi connectivity index (χ4n) is 9.39. The standard InChI is InChI=1S/C46H43N3O5/c1-3-4-10-25(2)28-15-17-32-38(24-28)47-43(48-44(32)52)40-41(50)34-20-30-22-36-37(23-31(30)21-35(34)42(40)51)46(54)49(45(36)53)39-18-16-29(26-11-6-5-7-12-26)19-33(39)27-13-8-9-14-27/h10,15-24,26-27,40H,3-9,11-14H2,1-2H3,(H,47,48,52). The number of fused-ring (bicyclic) bond motifs is 4. The van der Waals surface area contributed by atoms with Crippen molar-refractivity contribution in [1.82, 2.24) is 9.97 Å². The highest BCUT2D eigenvalue weighted by Gasteiger charge is 2.43. The lowest BCUT2D eigenvalue weighted by Crippen LogP contribution is -2.30. The summed E-state index contributed by atoms with van der Waals surface area (Å²) in [7, 11) is 0. The lowest BCUT2D eigenvalue weighted by molar-refractivity contribution is 0.0880. The highest BCUT2D eigenvalue weighted by Crippen LogP contribution is 2.45. The molecule has 2 saturated carbocycles. The number of ketones is 2. The van der Waals surface area contributed by atoms with E-state index < -0.39 is 23.0 Å². The number of nitrogens with one attached hydrogen (secondary N) is 1. The number of hydrogen-bond donors (Lipinski definition) is 1. The maximum Gasteiger partial charge on any atom is 0.266 e. The molecule has 2 heterocycles. The van der Waals surface area contributed by atoms with E-state index in [1.54, 1.807) is 30.3 Å². The van der Waals surface area contributed by atoms with Gasteiger partial charge in [0.2, 0.25) is 0 Å². The Morgan fingerprint density at radius 2 is 1.35 bits per heavy atom. The third kappa shape index (κ3) is 5.57. The molecule has 0 radical (unpaired) electrons. The summed E-state index contributed by atoms with van der Waals surface area (Å²) < 4.78 is 0. The minimum absolute atomic E-state index is 0.00570. The molecule has 8 heteroatoms. The lowest BCUT2D eigenvalue weighted by Gasteiger charge is -2.26. The molecular weight excluding hydrogens is 675 g/mol. The van der Waals surface area contributed by atoms with Crippen molar-refractivity contribution in [3.63, 3.8) is 0 Å². The zero-order valence-corrected chi connectivity index (χ0v) is 30.8. The van der Waals surface area contributed by atoms with Crippen LogP contribution in [0.15, 0.2) is 71.5 Å². The molecule has 5 aromatic rings. The molecule has 0 atom stereocenters. The second kappa shape index (κ2) is 13.4. The molecule has 1 aliphatic heterocycles. The second-order valence-electron chi connectivity index (χ2n) is 15.7. The van der Waals surface area contributed by atoms with Gasteiger partial charge in [0, 0.05) is 11.1 Å². The average molecular weight is 718 g/mol. The number of Topliss-reactive ketones (excluding diaryl/α,β-unsaturated/α-hetero) is 2. The van der Waals surface area contributed by atoms with E-state index in [0.717, 1.165) is 55.2 Å². The number of allylic oxidation sites excluding steroid dienone is 2. The molecule has 2 fully saturated rings. The number of carbonyl (C=O) groups is 4. The Labute approximate surface area is 313 Å². The molecule has 54 heavy (non-hydrogen) atoms. The molecule has 272 valence electrons.